The van der Waals surface area contributed by atoms with Gasteiger partial charge in [0.25, 0.3) is 5.91 Å². The van der Waals surface area contributed by atoms with E-state index >= 15 is 0 Å². The summed E-state index contributed by atoms with van der Waals surface area (Å²) in [5.74, 6) is -1.06. The van der Waals surface area contributed by atoms with Gasteiger partial charge < -0.3 is 9.84 Å². The lowest BCUT2D eigenvalue weighted by molar-refractivity contribution is -0.121. The van der Waals surface area contributed by atoms with Crippen LogP contribution < -0.4 is 10.2 Å². The van der Waals surface area contributed by atoms with Gasteiger partial charge in [0.1, 0.15) is 5.82 Å². The molecule has 3 rings (SSSR count). The molecule has 1 amide bonds. The van der Waals surface area contributed by atoms with Crippen LogP contribution in [0, 0.1) is 5.82 Å². The molecule has 0 radical (unpaired) electrons. The summed E-state index contributed by atoms with van der Waals surface area (Å²) in [6.07, 6.45) is 1.21. The molecule has 0 aliphatic heterocycles. The van der Waals surface area contributed by atoms with Crippen LogP contribution in [0.15, 0.2) is 82.8 Å². The van der Waals surface area contributed by atoms with Crippen molar-refractivity contribution in [2.45, 2.75) is 11.4 Å². The number of hydrazone groups is 1. The van der Waals surface area contributed by atoms with Crippen molar-refractivity contribution in [1.29, 1.82) is 0 Å². The summed E-state index contributed by atoms with van der Waals surface area (Å²) in [6.45, 7) is -0.679. The lowest BCUT2D eigenvalue weighted by atomic mass is 10.2. The Labute approximate surface area is 191 Å². The molecule has 0 unspecified atom stereocenters. The number of para-hydroxylation sites is 1. The Morgan fingerprint density at radius 2 is 1.79 bits per heavy atom. The molecule has 172 valence electrons. The van der Waals surface area contributed by atoms with Gasteiger partial charge in [-0.1, -0.05) is 36.4 Å². The third-order valence-electron chi connectivity index (χ3n) is 4.62. The molecule has 3 aromatic rings. The van der Waals surface area contributed by atoms with E-state index in [9.17, 15) is 22.7 Å². The zero-order valence-corrected chi connectivity index (χ0v) is 18.5. The second-order valence-electron chi connectivity index (χ2n) is 6.90. The second-order valence-corrected chi connectivity index (χ2v) is 8.84. The maximum absolute atomic E-state index is 13.3. The third kappa shape index (κ3) is 6.15. The van der Waals surface area contributed by atoms with E-state index in [1.807, 2.05) is 0 Å². The van der Waals surface area contributed by atoms with Crippen LogP contribution in [0.2, 0.25) is 0 Å². The number of halogens is 1. The molecule has 0 aliphatic carbocycles. The molecule has 0 spiro atoms. The smallest absolute Gasteiger partial charge is 0.255 e. The molecule has 10 heteroatoms. The molecule has 0 aliphatic rings. The van der Waals surface area contributed by atoms with E-state index in [4.69, 9.17) is 4.74 Å². The summed E-state index contributed by atoms with van der Waals surface area (Å²) in [7, 11) is -2.62. The first kappa shape index (κ1) is 23.9. The second kappa shape index (κ2) is 10.7. The topological polar surface area (TPSA) is 108 Å². The Morgan fingerprint density at radius 1 is 1.09 bits per heavy atom. The van der Waals surface area contributed by atoms with Crippen molar-refractivity contribution >= 4 is 22.1 Å². The van der Waals surface area contributed by atoms with Gasteiger partial charge in [0.05, 0.1) is 24.8 Å². The number of ether oxygens (including phenoxy) is 1. The Hall–Kier alpha value is -3.76. The van der Waals surface area contributed by atoms with Crippen molar-refractivity contribution in [1.82, 2.24) is 9.73 Å². The van der Waals surface area contributed by atoms with E-state index in [0.717, 1.165) is 4.31 Å². The van der Waals surface area contributed by atoms with Crippen LogP contribution in [0.3, 0.4) is 0 Å². The number of hydrogen-bond acceptors (Lipinski definition) is 6. The number of rotatable bonds is 9. The minimum Gasteiger partial charge on any atom is -0.504 e. The molecule has 33 heavy (non-hydrogen) atoms. The lowest BCUT2D eigenvalue weighted by Gasteiger charge is -2.21. The Morgan fingerprint density at radius 3 is 2.45 bits per heavy atom. The number of sulfonamides is 1. The van der Waals surface area contributed by atoms with Gasteiger partial charge in [-0.3, -0.25) is 4.79 Å². The largest absolute Gasteiger partial charge is 0.504 e. The van der Waals surface area contributed by atoms with Gasteiger partial charge in [-0.2, -0.15) is 9.41 Å². The van der Waals surface area contributed by atoms with Gasteiger partial charge in [-0.25, -0.2) is 18.2 Å². The molecule has 0 atom stereocenters. The zero-order valence-electron chi connectivity index (χ0n) is 17.7. The van der Waals surface area contributed by atoms with Gasteiger partial charge >= 0.3 is 0 Å². The number of benzene rings is 3. The number of phenolic OH excluding ortho intramolecular Hbond substituents is 1. The molecule has 3 aromatic carbocycles. The summed E-state index contributed by atoms with van der Waals surface area (Å²) in [5.41, 5.74) is 3.07. The van der Waals surface area contributed by atoms with Crippen molar-refractivity contribution in [3.63, 3.8) is 0 Å². The predicted octanol–water partition coefficient (Wildman–Crippen LogP) is 2.88. The van der Waals surface area contributed by atoms with Crippen molar-refractivity contribution in [2.24, 2.45) is 5.10 Å². The van der Waals surface area contributed by atoms with Crippen LogP contribution in [0.5, 0.6) is 11.5 Å². The van der Waals surface area contributed by atoms with Crippen molar-refractivity contribution in [3.8, 4) is 11.5 Å². The fourth-order valence-corrected chi connectivity index (χ4v) is 4.34. The normalized spacial score (nSPS) is 11.6. The van der Waals surface area contributed by atoms with Crippen LogP contribution in [0.4, 0.5) is 4.39 Å². The summed E-state index contributed by atoms with van der Waals surface area (Å²) in [6, 6.07) is 17.8. The first-order chi connectivity index (χ1) is 15.8. The van der Waals surface area contributed by atoms with E-state index in [0.29, 0.717) is 11.1 Å². The fourth-order valence-electron chi connectivity index (χ4n) is 2.94. The van der Waals surface area contributed by atoms with Gasteiger partial charge in [0.15, 0.2) is 11.5 Å². The van der Waals surface area contributed by atoms with Gasteiger partial charge in [-0.05, 0) is 42.0 Å². The predicted molar refractivity (Wildman–Crippen MR) is 121 cm³/mol. The van der Waals surface area contributed by atoms with E-state index in [-0.39, 0.29) is 22.9 Å². The highest BCUT2D eigenvalue weighted by molar-refractivity contribution is 7.89. The van der Waals surface area contributed by atoms with E-state index in [2.05, 4.69) is 10.5 Å². The van der Waals surface area contributed by atoms with E-state index in [1.54, 1.807) is 36.4 Å². The molecule has 0 fully saturated rings. The summed E-state index contributed by atoms with van der Waals surface area (Å²) in [5, 5.41) is 13.9. The standard InChI is InChI=1S/C23H22FN3O5S/c1-32-21-9-5-6-18(23(21)29)14-25-26-22(28)16-27(15-17-10-12-19(24)13-11-17)33(30,31)20-7-3-2-4-8-20/h2-14,29H,15-16H2,1H3,(H,26,28)/b25-14-. The van der Waals surface area contributed by atoms with Crippen LogP contribution in [0.25, 0.3) is 0 Å². The Kier molecular flexibility index (Phi) is 7.75. The highest BCUT2D eigenvalue weighted by Gasteiger charge is 2.26. The molecular weight excluding hydrogens is 449 g/mol. The highest BCUT2D eigenvalue weighted by Crippen LogP contribution is 2.27. The van der Waals surface area contributed by atoms with Crippen molar-refractivity contribution in [2.75, 3.05) is 13.7 Å². The maximum atomic E-state index is 13.3. The van der Waals surface area contributed by atoms with E-state index < -0.39 is 28.3 Å². The average molecular weight is 472 g/mol. The van der Waals surface area contributed by atoms with Crippen molar-refractivity contribution < 1.29 is 27.4 Å². The van der Waals surface area contributed by atoms with Crippen LogP contribution >= 0.6 is 0 Å². The monoisotopic (exact) mass is 471 g/mol. The summed E-state index contributed by atoms with van der Waals surface area (Å²) >= 11 is 0. The number of nitrogens with one attached hydrogen (secondary N) is 1. The minimum absolute atomic E-state index is 0.0183. The lowest BCUT2D eigenvalue weighted by Crippen LogP contribution is -2.39. The molecule has 0 saturated heterocycles. The first-order valence-electron chi connectivity index (χ1n) is 9.79. The highest BCUT2D eigenvalue weighted by atomic mass is 32.2. The Bertz CT molecular complexity index is 1230. The van der Waals surface area contributed by atoms with Crippen molar-refractivity contribution in [3.05, 3.63) is 89.7 Å². The van der Waals surface area contributed by atoms with Gasteiger partial charge in [0, 0.05) is 12.1 Å². The molecular formula is C23H22FN3O5S. The summed E-state index contributed by atoms with van der Waals surface area (Å²) < 4.78 is 45.5. The van der Waals surface area contributed by atoms with Crippen LogP contribution in [-0.2, 0) is 21.4 Å². The number of hydrogen-bond donors (Lipinski definition) is 2. The number of aromatic hydroxyl groups is 1. The molecule has 0 saturated carbocycles. The summed E-state index contributed by atoms with van der Waals surface area (Å²) in [4.78, 5) is 12.5. The molecule has 0 heterocycles. The van der Waals surface area contributed by atoms with E-state index in [1.165, 1.54) is 49.7 Å². The average Bonchev–Trinajstić information content (AvgIpc) is 2.81. The number of amides is 1. The van der Waals surface area contributed by atoms with Gasteiger partial charge in [0.2, 0.25) is 10.0 Å². The number of methoxy groups -OCH3 is 1. The van der Waals surface area contributed by atoms with Crippen LogP contribution in [-0.4, -0.2) is 43.6 Å². The molecule has 2 N–H and O–H groups in total. The maximum Gasteiger partial charge on any atom is 0.255 e. The Balaban J connectivity index is 1.78. The van der Waals surface area contributed by atoms with Crippen LogP contribution in [0.1, 0.15) is 11.1 Å². The first-order valence-corrected chi connectivity index (χ1v) is 11.2. The zero-order chi connectivity index (χ0) is 23.8. The number of carbonyl (C=O) groups excluding carboxylic acids is 1. The molecule has 0 aromatic heterocycles. The molecule has 0 bridgehead atoms. The number of nitrogens with zero attached hydrogens (tertiary/aromatic N) is 2. The molecule has 8 nitrogen and oxygen atoms in total. The minimum atomic E-state index is -4.03. The number of phenols is 1. The number of carbonyl (C=O) groups is 1. The SMILES string of the molecule is COc1cccc(/C=N\NC(=O)CN(Cc2ccc(F)cc2)S(=O)(=O)c2ccccc2)c1O. The third-order valence-corrected chi connectivity index (χ3v) is 6.42. The van der Waals surface area contributed by atoms with Gasteiger partial charge in [-0.15, -0.1) is 0 Å². The fraction of sp³-hybridized carbons (Fsp3) is 0.130. The quantitative estimate of drug-likeness (QED) is 0.369.